The van der Waals surface area contributed by atoms with E-state index in [4.69, 9.17) is 4.42 Å². The summed E-state index contributed by atoms with van der Waals surface area (Å²) in [5.41, 5.74) is 2.82. The summed E-state index contributed by atoms with van der Waals surface area (Å²) < 4.78 is 19.2. The highest BCUT2D eigenvalue weighted by atomic mass is 19.1. The Morgan fingerprint density at radius 3 is 2.91 bits per heavy atom. The molecule has 23 heavy (non-hydrogen) atoms. The SMILES string of the molecule is O=C(c1ccco1)N1CCc2[nH]nc(-c3ccccc3F)c2C1. The maximum atomic E-state index is 14.1. The summed E-state index contributed by atoms with van der Waals surface area (Å²) in [6.45, 7) is 0.959. The van der Waals surface area contributed by atoms with Crippen LogP contribution in [-0.4, -0.2) is 27.5 Å². The maximum absolute atomic E-state index is 14.1. The van der Waals surface area contributed by atoms with Crippen molar-refractivity contribution in [2.24, 2.45) is 0 Å². The van der Waals surface area contributed by atoms with Crippen LogP contribution in [-0.2, 0) is 13.0 Å². The number of fused-ring (bicyclic) bond motifs is 1. The number of nitrogens with zero attached hydrogens (tertiary/aromatic N) is 2. The number of aromatic nitrogens is 2. The van der Waals surface area contributed by atoms with Gasteiger partial charge in [0.15, 0.2) is 5.76 Å². The molecule has 0 fully saturated rings. The standard InChI is InChI=1S/C17H14FN3O2/c18-13-5-2-1-4-11(13)16-12-10-21(8-7-14(12)19-20-16)17(22)15-6-3-9-23-15/h1-6,9H,7-8,10H2,(H,19,20). The molecular weight excluding hydrogens is 297 g/mol. The van der Waals surface area contributed by atoms with Gasteiger partial charge >= 0.3 is 0 Å². The zero-order valence-corrected chi connectivity index (χ0v) is 12.3. The van der Waals surface area contributed by atoms with Crippen molar-refractivity contribution in [3.63, 3.8) is 0 Å². The number of nitrogens with one attached hydrogen (secondary N) is 1. The predicted molar refractivity (Wildman–Crippen MR) is 81.1 cm³/mol. The third-order valence-corrected chi connectivity index (χ3v) is 4.08. The van der Waals surface area contributed by atoms with Crippen molar-refractivity contribution in [1.82, 2.24) is 15.1 Å². The summed E-state index contributed by atoms with van der Waals surface area (Å²) in [5.74, 6) is -0.179. The topological polar surface area (TPSA) is 62.1 Å². The molecule has 1 aromatic carbocycles. The number of carbonyl (C=O) groups is 1. The van der Waals surface area contributed by atoms with E-state index in [1.165, 1.54) is 12.3 Å². The van der Waals surface area contributed by atoms with Gasteiger partial charge in [-0.2, -0.15) is 5.10 Å². The van der Waals surface area contributed by atoms with Crippen molar-refractivity contribution < 1.29 is 13.6 Å². The van der Waals surface area contributed by atoms with Gasteiger partial charge in [-0.15, -0.1) is 0 Å². The first-order chi connectivity index (χ1) is 11.2. The molecule has 0 saturated carbocycles. The lowest BCUT2D eigenvalue weighted by atomic mass is 10.0. The van der Waals surface area contributed by atoms with Gasteiger partial charge in [0.25, 0.3) is 5.91 Å². The first-order valence-electron chi connectivity index (χ1n) is 7.38. The minimum absolute atomic E-state index is 0.165. The van der Waals surface area contributed by atoms with Crippen LogP contribution in [0.3, 0.4) is 0 Å². The molecule has 6 heteroatoms. The first-order valence-corrected chi connectivity index (χ1v) is 7.38. The third-order valence-electron chi connectivity index (χ3n) is 4.08. The van der Waals surface area contributed by atoms with Gasteiger partial charge in [0.1, 0.15) is 11.5 Å². The van der Waals surface area contributed by atoms with Crippen LogP contribution in [0.4, 0.5) is 4.39 Å². The Morgan fingerprint density at radius 2 is 2.13 bits per heavy atom. The Morgan fingerprint density at radius 1 is 1.26 bits per heavy atom. The van der Waals surface area contributed by atoms with Crippen molar-refractivity contribution in [3.05, 3.63) is 65.5 Å². The van der Waals surface area contributed by atoms with Crippen molar-refractivity contribution in [2.75, 3.05) is 6.54 Å². The van der Waals surface area contributed by atoms with Gasteiger partial charge in [0.05, 0.1) is 12.8 Å². The third kappa shape index (κ3) is 2.32. The number of halogens is 1. The number of amides is 1. The maximum Gasteiger partial charge on any atom is 0.289 e. The normalized spacial score (nSPS) is 13.9. The van der Waals surface area contributed by atoms with Crippen LogP contribution < -0.4 is 0 Å². The smallest absolute Gasteiger partial charge is 0.289 e. The second-order valence-electron chi connectivity index (χ2n) is 5.46. The minimum Gasteiger partial charge on any atom is -0.459 e. The van der Waals surface area contributed by atoms with Gasteiger partial charge in [-0.05, 0) is 24.3 Å². The lowest BCUT2D eigenvalue weighted by Gasteiger charge is -2.26. The van der Waals surface area contributed by atoms with E-state index in [0.717, 1.165) is 11.3 Å². The van der Waals surface area contributed by atoms with E-state index in [1.54, 1.807) is 35.2 Å². The monoisotopic (exact) mass is 311 g/mol. The Balaban J connectivity index is 1.68. The number of rotatable bonds is 2. The number of H-pyrrole nitrogens is 1. The van der Waals surface area contributed by atoms with Crippen molar-refractivity contribution in [3.8, 4) is 11.3 Å². The molecular formula is C17H14FN3O2. The van der Waals surface area contributed by atoms with E-state index in [9.17, 15) is 9.18 Å². The summed E-state index contributed by atoms with van der Waals surface area (Å²) in [7, 11) is 0. The van der Waals surface area contributed by atoms with Gasteiger partial charge in [-0.3, -0.25) is 9.89 Å². The molecule has 0 spiro atoms. The van der Waals surface area contributed by atoms with Gasteiger partial charge in [-0.1, -0.05) is 12.1 Å². The van der Waals surface area contributed by atoms with Crippen LogP contribution in [0.1, 0.15) is 21.8 Å². The van der Waals surface area contributed by atoms with E-state index in [2.05, 4.69) is 10.2 Å². The Labute approximate surface area is 131 Å². The fourth-order valence-electron chi connectivity index (χ4n) is 2.90. The van der Waals surface area contributed by atoms with E-state index in [0.29, 0.717) is 36.5 Å². The predicted octanol–water partition coefficient (Wildman–Crippen LogP) is 3.01. The van der Waals surface area contributed by atoms with Crippen molar-refractivity contribution in [1.29, 1.82) is 0 Å². The van der Waals surface area contributed by atoms with E-state index < -0.39 is 0 Å². The number of benzene rings is 1. The zero-order valence-electron chi connectivity index (χ0n) is 12.3. The average molecular weight is 311 g/mol. The minimum atomic E-state index is -0.323. The van der Waals surface area contributed by atoms with Crippen LogP contribution in [0.15, 0.2) is 47.1 Å². The lowest BCUT2D eigenvalue weighted by molar-refractivity contribution is 0.0702. The molecule has 0 unspecified atom stereocenters. The number of carbonyl (C=O) groups excluding carboxylic acids is 1. The number of furan rings is 1. The molecule has 4 rings (SSSR count). The molecule has 1 amide bonds. The summed E-state index contributed by atoms with van der Waals surface area (Å²) in [6, 6.07) is 9.85. The molecule has 2 aromatic heterocycles. The second-order valence-corrected chi connectivity index (χ2v) is 5.46. The Kier molecular flexibility index (Phi) is 3.22. The van der Waals surface area contributed by atoms with E-state index in [1.807, 2.05) is 0 Å². The van der Waals surface area contributed by atoms with Crippen molar-refractivity contribution in [2.45, 2.75) is 13.0 Å². The molecule has 0 saturated heterocycles. The second kappa shape index (κ2) is 5.39. The van der Waals surface area contributed by atoms with E-state index >= 15 is 0 Å². The fourth-order valence-corrected chi connectivity index (χ4v) is 2.90. The highest BCUT2D eigenvalue weighted by Crippen LogP contribution is 2.30. The van der Waals surface area contributed by atoms with Crippen LogP contribution in [0, 0.1) is 5.82 Å². The summed E-state index contributed by atoms with van der Waals surface area (Å²) in [5, 5.41) is 7.23. The van der Waals surface area contributed by atoms with Crippen LogP contribution >= 0.6 is 0 Å². The number of aromatic amines is 1. The van der Waals surface area contributed by atoms with Gasteiger partial charge in [0, 0.05) is 29.8 Å². The van der Waals surface area contributed by atoms with Gasteiger partial charge in [-0.25, -0.2) is 4.39 Å². The molecule has 3 aromatic rings. The highest BCUT2D eigenvalue weighted by Gasteiger charge is 2.28. The molecule has 1 aliphatic heterocycles. The largest absolute Gasteiger partial charge is 0.459 e. The number of hydrogen-bond donors (Lipinski definition) is 1. The molecule has 5 nitrogen and oxygen atoms in total. The molecule has 1 N–H and O–H groups in total. The Bertz CT molecular complexity index is 855. The molecule has 0 atom stereocenters. The number of hydrogen-bond acceptors (Lipinski definition) is 3. The van der Waals surface area contributed by atoms with Crippen molar-refractivity contribution >= 4 is 5.91 Å². The lowest BCUT2D eigenvalue weighted by Crippen LogP contribution is -2.35. The molecule has 116 valence electrons. The molecule has 0 radical (unpaired) electrons. The summed E-state index contributed by atoms with van der Waals surface area (Å²) in [6.07, 6.45) is 2.13. The molecule has 1 aliphatic rings. The van der Waals surface area contributed by atoms with Crippen LogP contribution in [0.5, 0.6) is 0 Å². The van der Waals surface area contributed by atoms with Crippen LogP contribution in [0.2, 0.25) is 0 Å². The summed E-state index contributed by atoms with van der Waals surface area (Å²) >= 11 is 0. The quantitative estimate of drug-likeness (QED) is 0.791. The first kappa shape index (κ1) is 13.8. The van der Waals surface area contributed by atoms with Crippen LogP contribution in [0.25, 0.3) is 11.3 Å². The Hall–Kier alpha value is -2.89. The zero-order chi connectivity index (χ0) is 15.8. The van der Waals surface area contributed by atoms with Gasteiger partial charge in [0.2, 0.25) is 0 Å². The van der Waals surface area contributed by atoms with E-state index in [-0.39, 0.29) is 11.7 Å². The molecule has 3 heterocycles. The molecule has 0 aliphatic carbocycles. The molecule has 0 bridgehead atoms. The van der Waals surface area contributed by atoms with Gasteiger partial charge < -0.3 is 9.32 Å². The highest BCUT2D eigenvalue weighted by molar-refractivity contribution is 5.91. The average Bonchev–Trinajstić information content (AvgIpc) is 3.24. The fraction of sp³-hybridized carbons (Fsp3) is 0.176. The summed E-state index contributed by atoms with van der Waals surface area (Å²) in [4.78, 5) is 14.1.